The zero-order valence-electron chi connectivity index (χ0n) is 39.0. The number of rotatable bonds is 5. The van der Waals surface area contributed by atoms with E-state index in [4.69, 9.17) is 9.47 Å². The molecule has 5 fully saturated rings. The average Bonchev–Trinajstić information content (AvgIpc) is 4.02. The fraction of sp³-hybridized carbons (Fsp3) is 0.725. The van der Waals surface area contributed by atoms with Crippen molar-refractivity contribution in [1.29, 1.82) is 0 Å². The van der Waals surface area contributed by atoms with Crippen molar-refractivity contribution in [3.63, 3.8) is 0 Å². The van der Waals surface area contributed by atoms with Crippen molar-refractivity contribution in [3.8, 4) is 0 Å². The van der Waals surface area contributed by atoms with Gasteiger partial charge in [0.15, 0.2) is 0 Å². The number of nitrogens with zero attached hydrogens (tertiary/aromatic N) is 2. The first-order chi connectivity index (χ1) is 27.2. The van der Waals surface area contributed by atoms with Gasteiger partial charge in [-0.3, -0.25) is 0 Å². The predicted molar refractivity (Wildman–Crippen MR) is 248 cm³/mol. The van der Waals surface area contributed by atoms with Crippen LogP contribution in [0.4, 0.5) is 5.69 Å². The number of hydrogen-bond acceptors (Lipinski definition) is 3. The van der Waals surface area contributed by atoms with Crippen LogP contribution in [0.1, 0.15) is 212 Å². The molecule has 5 heterocycles. The van der Waals surface area contributed by atoms with Crippen LogP contribution < -0.4 is 56.3 Å². The van der Waals surface area contributed by atoms with Crippen LogP contribution >= 0.6 is 0 Å². The third kappa shape index (κ3) is 9.35. The topological polar surface area (TPSA) is 26.6 Å². The second kappa shape index (κ2) is 19.7. The Morgan fingerprint density at radius 2 is 1.02 bits per heavy atom. The van der Waals surface area contributed by atoms with Gasteiger partial charge in [-0.1, -0.05) is 121 Å². The van der Waals surface area contributed by atoms with Crippen molar-refractivity contribution in [2.24, 2.45) is 5.41 Å². The molecule has 2 saturated carbocycles. The largest absolute Gasteiger partial charge is 1.00 e. The van der Waals surface area contributed by atoms with Crippen LogP contribution in [0.25, 0.3) is 10.5 Å². The molecule has 0 atom stereocenters. The average molecular weight is 847 g/mol. The van der Waals surface area contributed by atoms with Crippen molar-refractivity contribution < 1.29 is 60.9 Å². The van der Waals surface area contributed by atoms with Gasteiger partial charge in [0, 0.05) is 54.1 Å². The van der Waals surface area contributed by atoms with E-state index in [1.807, 2.05) is 10.6 Å². The number of aromatic nitrogens is 1. The van der Waals surface area contributed by atoms with Gasteiger partial charge in [0.25, 0.3) is 0 Å². The van der Waals surface area contributed by atoms with Crippen LogP contribution in [0.3, 0.4) is 0 Å². The fourth-order valence-electron chi connectivity index (χ4n) is 12.4. The molecule has 3 saturated heterocycles. The smallest absolute Gasteiger partial charge is 0.390 e. The van der Waals surface area contributed by atoms with Crippen LogP contribution in [0, 0.1) is 5.41 Å². The summed E-state index contributed by atoms with van der Waals surface area (Å²) in [6, 6.07) is 14.8. The van der Waals surface area contributed by atoms with Gasteiger partial charge in [-0.25, -0.2) is 0 Å². The van der Waals surface area contributed by atoms with Crippen molar-refractivity contribution >= 4 is 38.1 Å². The number of hydrogen-bond donors (Lipinski definition) is 0. The van der Waals surface area contributed by atoms with Gasteiger partial charge in [0.05, 0.1) is 0 Å². The minimum Gasteiger partial charge on any atom is -0.390 e. The summed E-state index contributed by atoms with van der Waals surface area (Å²) in [5, 5.41) is 3.81. The molecule has 0 N–H and O–H groups in total. The number of benzene rings is 2. The van der Waals surface area contributed by atoms with Crippen LogP contribution in [0.2, 0.25) is 0 Å². The van der Waals surface area contributed by atoms with Gasteiger partial charge in [-0.15, -0.1) is 7.91 Å². The van der Waals surface area contributed by atoms with E-state index in [0.29, 0.717) is 28.6 Å². The zero-order valence-corrected chi connectivity index (χ0v) is 44.2. The molecule has 0 amide bonds. The summed E-state index contributed by atoms with van der Waals surface area (Å²) in [6.45, 7) is 29.0. The van der Waals surface area contributed by atoms with Crippen molar-refractivity contribution in [1.82, 2.24) is 4.57 Å². The number of ether oxygens (including phenoxy) is 2. The molecule has 7 heteroatoms. The van der Waals surface area contributed by atoms with Gasteiger partial charge < -0.3 is 27.6 Å². The summed E-state index contributed by atoms with van der Waals surface area (Å²) < 4.78 is 12.9. The van der Waals surface area contributed by atoms with Crippen molar-refractivity contribution in [3.05, 3.63) is 58.4 Å². The van der Waals surface area contributed by atoms with Crippen LogP contribution in [-0.4, -0.2) is 58.4 Å². The Balaban J connectivity index is 0.000000451. The zero-order chi connectivity index (χ0) is 40.6. The Labute approximate surface area is 400 Å². The van der Waals surface area contributed by atoms with E-state index in [0.717, 1.165) is 35.1 Å². The SMILES string of the molecule is C1CCOC1.C1CCOC1.CC(C)c1cccc(C(C)C)c1N1C(=[Si-][si]2c3n(c4c(C(C)C)cccc42)C(C)(C)CC32CCCCC2)C2(CCCCC2)CC1(C)C.[K+]. The minimum atomic E-state index is -0.995. The molecule has 3 aromatic rings. The second-order valence-corrected chi connectivity index (χ2v) is 25.9. The molecule has 2 spiro atoms. The molecule has 58 heavy (non-hydrogen) atoms. The summed E-state index contributed by atoms with van der Waals surface area (Å²) in [6.07, 6.45) is 21.8. The number of para-hydroxylation sites is 2. The van der Waals surface area contributed by atoms with Gasteiger partial charge in [-0.05, 0) is 137 Å². The third-order valence-corrected chi connectivity index (χ3v) is 21.1. The molecule has 1 aromatic heterocycles. The Bertz CT molecular complexity index is 1820. The molecule has 2 aliphatic carbocycles. The van der Waals surface area contributed by atoms with Gasteiger partial charge in [0.2, 0.25) is 0 Å². The first-order valence-electron chi connectivity index (χ1n) is 23.6. The molecular weight excluding hydrogens is 768 g/mol. The van der Waals surface area contributed by atoms with E-state index in [1.165, 1.54) is 103 Å². The van der Waals surface area contributed by atoms with Crippen LogP contribution in [0.15, 0.2) is 36.4 Å². The Hall–Kier alpha value is -0.230. The van der Waals surface area contributed by atoms with E-state index >= 15 is 0 Å². The summed E-state index contributed by atoms with van der Waals surface area (Å²) >= 11 is 0. The van der Waals surface area contributed by atoms with E-state index < -0.39 is 7.91 Å². The molecule has 0 bridgehead atoms. The minimum absolute atomic E-state index is 0. The number of fused-ring (bicyclic) bond motifs is 4. The monoisotopic (exact) mass is 847 g/mol. The van der Waals surface area contributed by atoms with Gasteiger partial charge >= 0.3 is 51.4 Å². The van der Waals surface area contributed by atoms with Crippen molar-refractivity contribution in [2.75, 3.05) is 31.3 Å². The van der Waals surface area contributed by atoms with E-state index in [-0.39, 0.29) is 62.5 Å². The molecular formula is C51H79KN2O2Si2. The van der Waals surface area contributed by atoms with Crippen molar-refractivity contribution in [2.45, 2.75) is 206 Å². The second-order valence-electron chi connectivity index (χ2n) is 21.2. The van der Waals surface area contributed by atoms with E-state index in [9.17, 15) is 0 Å². The Kier molecular flexibility index (Phi) is 16.0. The summed E-state index contributed by atoms with van der Waals surface area (Å²) in [5.74, 6) is 1.56. The third-order valence-electron chi connectivity index (χ3n) is 14.7. The summed E-state index contributed by atoms with van der Waals surface area (Å²) in [5.41, 5.74) is 8.99. The molecule has 314 valence electrons. The molecule has 9 rings (SSSR count). The predicted octanol–water partition coefficient (Wildman–Crippen LogP) is 10.2. The standard InChI is InChI=1S/C43H63N2Si2.2C4H8O.K/c1-29(2)32-19-17-20-33(30(3)4)36(32)44-38(42(27-40(44,7)8)23-13-11-14-24-42)46-47-35-22-18-21-34(31(5)6)37(35)45-39(47)43(28-41(45,9)10)25-15-12-16-26-43;2*1-2-4-5-3-1;/h17-22,29-31H,11-16,23-28H2,1-10H3;2*1-4H2;/q-1;;;+1. The number of anilines is 1. The first-order valence-corrected chi connectivity index (χ1v) is 27.1. The van der Waals surface area contributed by atoms with E-state index in [2.05, 4.69) is 115 Å². The quantitative estimate of drug-likeness (QED) is 0.240. The Morgan fingerprint density at radius 1 is 0.569 bits per heavy atom. The maximum atomic E-state index is 4.94. The summed E-state index contributed by atoms with van der Waals surface area (Å²) in [4.78, 5) is 4.80. The maximum absolute atomic E-state index is 4.94. The summed E-state index contributed by atoms with van der Waals surface area (Å²) in [7, 11) is -0.0912. The first kappa shape index (κ1) is 47.3. The van der Waals surface area contributed by atoms with E-state index in [1.54, 1.807) is 32.9 Å². The van der Waals surface area contributed by atoms with Crippen LogP contribution in [-0.2, 0) is 20.4 Å². The molecule has 4 aliphatic heterocycles. The van der Waals surface area contributed by atoms with Gasteiger partial charge in [0.1, 0.15) is 0 Å². The molecule has 0 unspecified atom stereocenters. The van der Waals surface area contributed by atoms with Crippen LogP contribution in [0.5, 0.6) is 0 Å². The molecule has 4 nitrogen and oxygen atoms in total. The fourth-order valence-corrected chi connectivity index (χ4v) is 20.9. The maximum Gasteiger partial charge on any atom is 1.00 e. The molecule has 0 radical (unpaired) electrons. The Morgan fingerprint density at radius 3 is 1.48 bits per heavy atom. The van der Waals surface area contributed by atoms with Gasteiger partial charge in [-0.2, -0.15) is 5.29 Å². The molecule has 2 aromatic carbocycles. The normalized spacial score (nSPS) is 23.4. The molecule has 6 aliphatic rings.